The zero-order chi connectivity index (χ0) is 39.6. The number of nitrogens with zero attached hydrogens (tertiary/aromatic N) is 1. The highest BCUT2D eigenvalue weighted by atomic mass is 16.7. The topological polar surface area (TPSA) is 111 Å². The minimum absolute atomic E-state index is 0.0356. The molecule has 0 aromatic carbocycles. The Morgan fingerprint density at radius 1 is 0.800 bits per heavy atom. The van der Waals surface area contributed by atoms with Gasteiger partial charge in [-0.05, 0) is 114 Å². The van der Waals surface area contributed by atoms with Crippen molar-refractivity contribution >= 4 is 11.8 Å². The number of likely N-dealkylation sites (N-methyl/N-ethyl adjacent to an activating group) is 1. The van der Waals surface area contributed by atoms with Gasteiger partial charge < -0.3 is 42.8 Å². The molecule has 3 saturated heterocycles. The average molecular weight is 774 g/mol. The molecular weight excluding hydrogens is 702 g/mol. The second-order valence-electron chi connectivity index (χ2n) is 17.4. The molecule has 0 amide bonds. The van der Waals surface area contributed by atoms with Gasteiger partial charge in [0, 0.05) is 39.2 Å². The van der Waals surface area contributed by atoms with Gasteiger partial charge in [-0.1, -0.05) is 45.4 Å². The van der Waals surface area contributed by atoms with Crippen LogP contribution in [-0.2, 0) is 47.5 Å². The van der Waals surface area contributed by atoms with Crippen LogP contribution < -0.4 is 0 Å². The average Bonchev–Trinajstić information content (AvgIpc) is 3.76. The lowest BCUT2D eigenvalue weighted by molar-refractivity contribution is -0.317. The molecule has 0 spiro atoms. The minimum atomic E-state index is -0.594. The highest BCUT2D eigenvalue weighted by Gasteiger charge is 2.54. The Morgan fingerprint density at radius 2 is 1.55 bits per heavy atom. The second kappa shape index (κ2) is 18.9. The van der Waals surface area contributed by atoms with E-state index in [1.807, 2.05) is 6.92 Å². The monoisotopic (exact) mass is 774 g/mol. The van der Waals surface area contributed by atoms with E-state index in [-0.39, 0.29) is 96.8 Å². The van der Waals surface area contributed by atoms with Crippen molar-refractivity contribution < 1.29 is 47.5 Å². The maximum Gasteiger partial charge on any atom is 0.306 e. The number of hydrogen-bond acceptors (Lipinski definition) is 11. The molecule has 14 unspecified atom stereocenters. The van der Waals surface area contributed by atoms with Crippen LogP contribution in [0.5, 0.6) is 0 Å². The van der Waals surface area contributed by atoms with E-state index >= 15 is 0 Å². The van der Waals surface area contributed by atoms with Crippen molar-refractivity contribution in [2.24, 2.45) is 35.5 Å². The van der Waals surface area contributed by atoms with Crippen molar-refractivity contribution in [2.75, 3.05) is 35.4 Å². The van der Waals surface area contributed by atoms with Crippen LogP contribution in [0.25, 0.3) is 0 Å². The molecule has 6 rings (SSSR count). The summed E-state index contributed by atoms with van der Waals surface area (Å²) in [5.74, 6) is 0.0450. The van der Waals surface area contributed by atoms with Crippen molar-refractivity contribution in [1.29, 1.82) is 0 Å². The summed E-state index contributed by atoms with van der Waals surface area (Å²) in [5.41, 5.74) is 2.17. The zero-order valence-electron chi connectivity index (χ0n) is 35.3. The van der Waals surface area contributed by atoms with E-state index in [2.05, 4.69) is 58.8 Å². The van der Waals surface area contributed by atoms with E-state index < -0.39 is 12.4 Å². The second-order valence-corrected chi connectivity index (χ2v) is 17.4. The standard InChI is InChI=1S/C44H71NO10/c1-11-26-19-30-32(31-21-28(20-29(26)31)53-44-43(50-10)42(49-9)41(48-8)36(13-3)55-44)22-34-33(30)23-38(46)52-27(12-2)15-14-16-37(24(4)40(34)47)54-39-18-17-35(45(6)7)25(5)51-39/h19,22,24-25,27-33,35-37,39,41-44H,11-18,20-21,23H2,1-10H3/t24?,25-,27?,28?,29?,30?,31?,32?,33?,35-,36+,37?,39?,41?,42?,43?,44?/m1/s1. The molecule has 4 fully saturated rings. The van der Waals surface area contributed by atoms with Gasteiger partial charge in [0.1, 0.15) is 24.4 Å². The molecule has 3 aliphatic heterocycles. The van der Waals surface area contributed by atoms with Crippen LogP contribution in [0.3, 0.4) is 0 Å². The number of rotatable bonds is 11. The molecular formula is C44H71NO10. The van der Waals surface area contributed by atoms with Gasteiger partial charge >= 0.3 is 5.97 Å². The predicted molar refractivity (Wildman–Crippen MR) is 208 cm³/mol. The van der Waals surface area contributed by atoms with Crippen LogP contribution >= 0.6 is 0 Å². The maximum absolute atomic E-state index is 14.8. The predicted octanol–water partition coefficient (Wildman–Crippen LogP) is 6.66. The van der Waals surface area contributed by atoms with Crippen molar-refractivity contribution in [3.8, 4) is 0 Å². The van der Waals surface area contributed by atoms with Gasteiger partial charge in [0.05, 0.1) is 30.8 Å². The molecule has 0 aromatic rings. The third-order valence-electron chi connectivity index (χ3n) is 14.2. The van der Waals surface area contributed by atoms with Gasteiger partial charge in [0.15, 0.2) is 18.4 Å². The van der Waals surface area contributed by atoms with E-state index in [1.54, 1.807) is 21.3 Å². The number of carbonyl (C=O) groups is 2. The SMILES string of the molecule is CCC1=CC2C3CC(=O)OC(CC)CCCC(OC4CC[C@@H](N(C)C)[C@@H](C)O4)C(C)C(=O)C3=CC2C2CC(OC3O[C@@H](CC)C(OC)C(OC)C3OC)CC12. The van der Waals surface area contributed by atoms with E-state index in [0.29, 0.717) is 18.4 Å². The first-order valence-corrected chi connectivity index (χ1v) is 21.5. The lowest BCUT2D eigenvalue weighted by Crippen LogP contribution is -2.60. The smallest absolute Gasteiger partial charge is 0.306 e. The summed E-state index contributed by atoms with van der Waals surface area (Å²) in [6.07, 6.45) is 10.4. The molecule has 3 aliphatic carbocycles. The fourth-order valence-corrected chi connectivity index (χ4v) is 11.2. The first-order valence-electron chi connectivity index (χ1n) is 21.5. The molecule has 11 heteroatoms. The quantitative estimate of drug-likeness (QED) is 0.166. The van der Waals surface area contributed by atoms with Gasteiger partial charge in [-0.15, -0.1) is 0 Å². The number of ether oxygens (including phenoxy) is 8. The highest BCUT2D eigenvalue weighted by molar-refractivity contribution is 5.99. The molecule has 17 atom stereocenters. The Hall–Kier alpha value is -1.70. The molecule has 55 heavy (non-hydrogen) atoms. The summed E-state index contributed by atoms with van der Waals surface area (Å²) >= 11 is 0. The number of ketones is 1. The molecule has 0 bridgehead atoms. The Kier molecular flexibility index (Phi) is 14.8. The van der Waals surface area contributed by atoms with Crippen LogP contribution in [0.1, 0.15) is 105 Å². The molecule has 0 radical (unpaired) electrons. The molecule has 11 nitrogen and oxygen atoms in total. The van der Waals surface area contributed by atoms with Gasteiger partial charge in [0.25, 0.3) is 0 Å². The van der Waals surface area contributed by atoms with Crippen LogP contribution in [0.2, 0.25) is 0 Å². The Morgan fingerprint density at radius 3 is 2.18 bits per heavy atom. The Balaban J connectivity index is 1.25. The summed E-state index contributed by atoms with van der Waals surface area (Å²) in [6, 6.07) is 0.337. The summed E-state index contributed by atoms with van der Waals surface area (Å²) in [7, 11) is 9.23. The number of cyclic esters (lactones) is 1. The number of methoxy groups -OCH3 is 3. The van der Waals surface area contributed by atoms with E-state index in [9.17, 15) is 9.59 Å². The molecule has 0 N–H and O–H groups in total. The number of esters is 1. The number of Topliss-reactive ketones (excluding diaryl/α,β-unsaturated/α-hetero) is 1. The maximum atomic E-state index is 14.8. The van der Waals surface area contributed by atoms with Crippen molar-refractivity contribution in [3.63, 3.8) is 0 Å². The van der Waals surface area contributed by atoms with Crippen molar-refractivity contribution in [2.45, 2.75) is 173 Å². The van der Waals surface area contributed by atoms with Gasteiger partial charge in [-0.25, -0.2) is 0 Å². The van der Waals surface area contributed by atoms with Crippen LogP contribution in [-0.4, -0.2) is 120 Å². The summed E-state index contributed by atoms with van der Waals surface area (Å²) < 4.78 is 50.4. The summed E-state index contributed by atoms with van der Waals surface area (Å²) in [5, 5.41) is 0. The largest absolute Gasteiger partial charge is 0.462 e. The molecule has 3 heterocycles. The molecule has 312 valence electrons. The van der Waals surface area contributed by atoms with Gasteiger partial charge in [-0.2, -0.15) is 0 Å². The molecule has 0 aromatic heterocycles. The van der Waals surface area contributed by atoms with E-state index in [1.165, 1.54) is 5.57 Å². The summed E-state index contributed by atoms with van der Waals surface area (Å²) in [6.45, 7) is 10.5. The number of fused-ring (bicyclic) bond motifs is 5. The zero-order valence-corrected chi connectivity index (χ0v) is 35.3. The highest BCUT2D eigenvalue weighted by Crippen LogP contribution is 2.57. The Bertz CT molecular complexity index is 1370. The first-order chi connectivity index (χ1) is 26.5. The number of carbonyl (C=O) groups excluding carboxylic acids is 2. The molecule has 6 aliphatic rings. The third kappa shape index (κ3) is 8.99. The van der Waals surface area contributed by atoms with Gasteiger partial charge in [-0.3, -0.25) is 9.59 Å². The molecule has 1 saturated carbocycles. The fraction of sp³-hybridized carbons (Fsp3) is 0.864. The fourth-order valence-electron chi connectivity index (χ4n) is 11.2. The third-order valence-corrected chi connectivity index (χ3v) is 14.2. The van der Waals surface area contributed by atoms with Crippen molar-refractivity contribution in [1.82, 2.24) is 4.90 Å². The van der Waals surface area contributed by atoms with E-state index in [4.69, 9.17) is 37.9 Å². The summed E-state index contributed by atoms with van der Waals surface area (Å²) in [4.78, 5) is 30.7. The Labute approximate surface area is 330 Å². The van der Waals surface area contributed by atoms with Crippen molar-refractivity contribution in [3.05, 3.63) is 23.3 Å². The first kappa shape index (κ1) is 42.9. The lowest BCUT2D eigenvalue weighted by atomic mass is 9.67. The number of hydrogen-bond donors (Lipinski definition) is 0. The minimum Gasteiger partial charge on any atom is -0.462 e. The normalized spacial score (nSPS) is 44.1. The number of allylic oxidation sites excluding steroid dienone is 4. The van der Waals surface area contributed by atoms with Crippen LogP contribution in [0.4, 0.5) is 0 Å². The van der Waals surface area contributed by atoms with Crippen LogP contribution in [0.15, 0.2) is 23.3 Å². The van der Waals surface area contributed by atoms with Crippen LogP contribution in [0, 0.1) is 35.5 Å². The lowest BCUT2D eigenvalue weighted by Gasteiger charge is -2.45. The van der Waals surface area contributed by atoms with Gasteiger partial charge in [0.2, 0.25) is 0 Å². The van der Waals surface area contributed by atoms with E-state index in [0.717, 1.165) is 63.4 Å².